The minimum absolute atomic E-state index is 0.0210. The molecule has 5 N–H and O–H groups in total. The summed E-state index contributed by atoms with van der Waals surface area (Å²) in [7, 11) is 1.49. The van der Waals surface area contributed by atoms with Crippen molar-refractivity contribution < 1.29 is 29.0 Å². The number of hydrogen-bond acceptors (Lipinski definition) is 6. The van der Waals surface area contributed by atoms with Crippen LogP contribution in [0.5, 0.6) is 0 Å². The molecule has 0 heterocycles. The Hall–Kier alpha value is -2.16. The van der Waals surface area contributed by atoms with Crippen molar-refractivity contribution in [3.63, 3.8) is 0 Å². The molecular weight excluding hydrogens is 402 g/mol. The van der Waals surface area contributed by atoms with Gasteiger partial charge in [0.2, 0.25) is 11.8 Å². The number of likely N-dealkylation sites (N-methyl/N-ethyl adjacent to an activating group) is 1. The van der Waals surface area contributed by atoms with Crippen molar-refractivity contribution in [1.82, 2.24) is 10.6 Å². The maximum Gasteiger partial charge on any atom is 0.310 e. The molecule has 0 spiro atoms. The Labute approximate surface area is 185 Å². The fourth-order valence-corrected chi connectivity index (χ4v) is 3.32. The zero-order chi connectivity index (χ0) is 24.2. The second kappa shape index (κ2) is 14.0. The Kier molecular flexibility index (Phi) is 13.0. The van der Waals surface area contributed by atoms with Gasteiger partial charge in [0, 0.05) is 13.5 Å². The first kappa shape index (κ1) is 28.8. The Morgan fingerprint density at radius 3 is 2.06 bits per heavy atom. The SMILES string of the molecule is CNC(=O)[C@H](CCCCN)NC(=O)[C@H](CC(C)C)[C@H](CCC(=O)O)C(=O)OC(C)(C)C. The van der Waals surface area contributed by atoms with E-state index >= 15 is 0 Å². The van der Waals surface area contributed by atoms with Gasteiger partial charge in [-0.1, -0.05) is 13.8 Å². The molecule has 0 aliphatic heterocycles. The lowest BCUT2D eigenvalue weighted by atomic mass is 9.81. The molecule has 180 valence electrons. The number of carbonyl (C=O) groups excluding carboxylic acids is 3. The monoisotopic (exact) mass is 443 g/mol. The molecule has 0 aromatic rings. The lowest BCUT2D eigenvalue weighted by Gasteiger charge is -2.30. The molecule has 0 unspecified atom stereocenters. The standard InChI is InChI=1S/C22H41N3O6/c1-14(2)13-16(15(10-11-18(26)27)21(30)31-22(3,4)5)19(28)25-17(20(29)24-6)9-7-8-12-23/h14-17H,7-13,23H2,1-6H3,(H,24,29)(H,25,28)(H,26,27)/t15-,16+,17-/m0/s1. The van der Waals surface area contributed by atoms with Crippen molar-refractivity contribution in [2.75, 3.05) is 13.6 Å². The van der Waals surface area contributed by atoms with Crippen LogP contribution in [0.15, 0.2) is 0 Å². The second-order valence-electron chi connectivity index (χ2n) is 9.27. The van der Waals surface area contributed by atoms with Gasteiger partial charge in [-0.05, 0) is 65.3 Å². The minimum Gasteiger partial charge on any atom is -0.481 e. The number of esters is 1. The third kappa shape index (κ3) is 12.3. The molecule has 0 saturated carbocycles. The number of carboxylic acid groups (broad SMARTS) is 1. The number of carboxylic acids is 1. The highest BCUT2D eigenvalue weighted by Gasteiger charge is 2.38. The molecule has 0 rings (SSSR count). The molecule has 3 atom stereocenters. The lowest BCUT2D eigenvalue weighted by Crippen LogP contribution is -2.50. The van der Waals surface area contributed by atoms with E-state index in [0.29, 0.717) is 25.8 Å². The first-order valence-electron chi connectivity index (χ1n) is 11.0. The summed E-state index contributed by atoms with van der Waals surface area (Å²) >= 11 is 0. The molecule has 9 nitrogen and oxygen atoms in total. The molecule has 0 aromatic heterocycles. The maximum atomic E-state index is 13.2. The normalized spacial score (nSPS) is 14.5. The average Bonchev–Trinajstić information content (AvgIpc) is 2.63. The third-order valence-electron chi connectivity index (χ3n) is 4.75. The van der Waals surface area contributed by atoms with Gasteiger partial charge >= 0.3 is 11.9 Å². The van der Waals surface area contributed by atoms with Crippen LogP contribution in [0.1, 0.15) is 73.1 Å². The van der Waals surface area contributed by atoms with Gasteiger partial charge in [0.15, 0.2) is 0 Å². The highest BCUT2D eigenvalue weighted by Crippen LogP contribution is 2.28. The predicted octanol–water partition coefficient (Wildman–Crippen LogP) is 1.83. The molecule has 0 bridgehead atoms. The van der Waals surface area contributed by atoms with Crippen LogP contribution < -0.4 is 16.4 Å². The van der Waals surface area contributed by atoms with Crippen LogP contribution >= 0.6 is 0 Å². The Morgan fingerprint density at radius 2 is 1.61 bits per heavy atom. The molecular formula is C22H41N3O6. The van der Waals surface area contributed by atoms with E-state index in [9.17, 15) is 19.2 Å². The van der Waals surface area contributed by atoms with Crippen molar-refractivity contribution in [3.05, 3.63) is 0 Å². The molecule has 9 heteroatoms. The second-order valence-corrected chi connectivity index (χ2v) is 9.27. The Bertz CT molecular complexity index is 601. The van der Waals surface area contributed by atoms with Crippen LogP contribution in [0, 0.1) is 17.8 Å². The van der Waals surface area contributed by atoms with Crippen molar-refractivity contribution in [2.45, 2.75) is 84.8 Å². The number of nitrogens with one attached hydrogen (secondary N) is 2. The fourth-order valence-electron chi connectivity index (χ4n) is 3.32. The average molecular weight is 444 g/mol. The summed E-state index contributed by atoms with van der Waals surface area (Å²) in [4.78, 5) is 49.6. The van der Waals surface area contributed by atoms with Crippen molar-refractivity contribution in [3.8, 4) is 0 Å². The van der Waals surface area contributed by atoms with Crippen LogP contribution in [0.2, 0.25) is 0 Å². The topological polar surface area (TPSA) is 148 Å². The zero-order valence-corrected chi connectivity index (χ0v) is 19.8. The molecule has 0 aliphatic rings. The Morgan fingerprint density at radius 1 is 1.00 bits per heavy atom. The number of carbonyl (C=O) groups is 4. The molecule has 0 fully saturated rings. The van der Waals surface area contributed by atoms with Gasteiger partial charge in [-0.25, -0.2) is 0 Å². The highest BCUT2D eigenvalue weighted by atomic mass is 16.6. The van der Waals surface area contributed by atoms with E-state index < -0.39 is 41.3 Å². The van der Waals surface area contributed by atoms with E-state index in [1.165, 1.54) is 7.05 Å². The molecule has 0 aliphatic carbocycles. The van der Waals surface area contributed by atoms with Crippen molar-refractivity contribution >= 4 is 23.8 Å². The van der Waals surface area contributed by atoms with Crippen molar-refractivity contribution in [1.29, 1.82) is 0 Å². The third-order valence-corrected chi connectivity index (χ3v) is 4.75. The number of rotatable bonds is 14. The number of hydrogen-bond donors (Lipinski definition) is 4. The van der Waals surface area contributed by atoms with Crippen LogP contribution in [0.3, 0.4) is 0 Å². The summed E-state index contributed by atoms with van der Waals surface area (Å²) < 4.78 is 5.49. The Balaban J connectivity index is 5.76. The predicted molar refractivity (Wildman–Crippen MR) is 118 cm³/mol. The van der Waals surface area contributed by atoms with Gasteiger partial charge in [0.1, 0.15) is 11.6 Å². The van der Waals surface area contributed by atoms with Crippen LogP contribution in [0.4, 0.5) is 0 Å². The largest absolute Gasteiger partial charge is 0.481 e. The van der Waals surface area contributed by atoms with E-state index in [1.54, 1.807) is 20.8 Å². The zero-order valence-electron chi connectivity index (χ0n) is 19.8. The number of amides is 2. The van der Waals surface area contributed by atoms with E-state index in [1.807, 2.05) is 13.8 Å². The number of aliphatic carboxylic acids is 1. The van der Waals surface area contributed by atoms with Crippen LogP contribution in [-0.4, -0.2) is 54.1 Å². The lowest BCUT2D eigenvalue weighted by molar-refractivity contribution is -0.165. The van der Waals surface area contributed by atoms with E-state index in [0.717, 1.165) is 6.42 Å². The van der Waals surface area contributed by atoms with Gasteiger partial charge in [-0.3, -0.25) is 19.2 Å². The molecule has 0 radical (unpaired) electrons. The summed E-state index contributed by atoms with van der Waals surface area (Å²) in [5.74, 6) is -4.09. The number of ether oxygens (including phenoxy) is 1. The molecule has 2 amide bonds. The summed E-state index contributed by atoms with van der Waals surface area (Å²) in [6.07, 6.45) is 1.88. The van der Waals surface area contributed by atoms with E-state index in [2.05, 4.69) is 10.6 Å². The maximum absolute atomic E-state index is 13.2. The summed E-state index contributed by atoms with van der Waals surface area (Å²) in [5, 5.41) is 14.5. The summed E-state index contributed by atoms with van der Waals surface area (Å²) in [6, 6.07) is -0.752. The van der Waals surface area contributed by atoms with Crippen LogP contribution in [-0.2, 0) is 23.9 Å². The molecule has 31 heavy (non-hydrogen) atoms. The van der Waals surface area contributed by atoms with Gasteiger partial charge in [-0.2, -0.15) is 0 Å². The van der Waals surface area contributed by atoms with Gasteiger partial charge in [0.25, 0.3) is 0 Å². The van der Waals surface area contributed by atoms with Gasteiger partial charge in [-0.15, -0.1) is 0 Å². The smallest absolute Gasteiger partial charge is 0.310 e. The summed E-state index contributed by atoms with van der Waals surface area (Å²) in [5.41, 5.74) is 4.75. The van der Waals surface area contributed by atoms with E-state index in [4.69, 9.17) is 15.6 Å². The molecule has 0 saturated heterocycles. The van der Waals surface area contributed by atoms with Crippen LogP contribution in [0.25, 0.3) is 0 Å². The van der Waals surface area contributed by atoms with Gasteiger partial charge < -0.3 is 26.2 Å². The summed E-state index contributed by atoms with van der Waals surface area (Å²) in [6.45, 7) is 9.48. The quantitative estimate of drug-likeness (QED) is 0.236. The van der Waals surface area contributed by atoms with Crippen molar-refractivity contribution in [2.24, 2.45) is 23.5 Å². The molecule has 0 aromatic carbocycles. The van der Waals surface area contributed by atoms with Gasteiger partial charge in [0.05, 0.1) is 11.8 Å². The van der Waals surface area contributed by atoms with E-state index in [-0.39, 0.29) is 24.7 Å². The highest BCUT2D eigenvalue weighted by molar-refractivity contribution is 5.90. The minimum atomic E-state index is -1.05. The first-order chi connectivity index (χ1) is 14.3. The fraction of sp³-hybridized carbons (Fsp3) is 0.818. The number of unbranched alkanes of at least 4 members (excludes halogenated alkanes) is 1. The number of nitrogens with two attached hydrogens (primary N) is 1. The first-order valence-corrected chi connectivity index (χ1v) is 11.0.